The summed E-state index contributed by atoms with van der Waals surface area (Å²) in [4.78, 5) is 31.5. The second kappa shape index (κ2) is 11.0. The summed E-state index contributed by atoms with van der Waals surface area (Å²) >= 11 is 0.934. The molecular weight excluding hydrogens is 526 g/mol. The Bertz CT molecular complexity index is 1180. The third-order valence-electron chi connectivity index (χ3n) is 6.16. The molecule has 4 rings (SSSR count). The molecule has 1 aliphatic carbocycles. The number of fused-ring (bicyclic) bond motifs is 1. The van der Waals surface area contributed by atoms with Crippen LogP contribution in [0.25, 0.3) is 0 Å². The number of nitrogens with one attached hydrogen (secondary N) is 1. The summed E-state index contributed by atoms with van der Waals surface area (Å²) in [5.74, 6) is -1.16. The van der Waals surface area contributed by atoms with Crippen LogP contribution in [0.2, 0.25) is 0 Å². The molecule has 1 aromatic heterocycles. The summed E-state index contributed by atoms with van der Waals surface area (Å²) in [5, 5.41) is 2.46. The normalized spacial score (nSPS) is 16.6. The molecular formula is C23H24F6N4O3S. The van der Waals surface area contributed by atoms with Gasteiger partial charge in [0.15, 0.2) is 0 Å². The highest BCUT2D eigenvalue weighted by Gasteiger charge is 2.37. The fourth-order valence-electron chi connectivity index (χ4n) is 4.36. The van der Waals surface area contributed by atoms with Crippen molar-refractivity contribution in [3.63, 3.8) is 0 Å². The van der Waals surface area contributed by atoms with Gasteiger partial charge in [-0.1, -0.05) is 11.8 Å². The first-order chi connectivity index (χ1) is 17.4. The monoisotopic (exact) mass is 550 g/mol. The number of rotatable bonds is 7. The van der Waals surface area contributed by atoms with Gasteiger partial charge in [-0.3, -0.25) is 14.3 Å². The average Bonchev–Trinajstić information content (AvgIpc) is 3.31. The van der Waals surface area contributed by atoms with Crippen molar-refractivity contribution >= 4 is 23.4 Å². The number of ether oxygens (including phenoxy) is 1. The Kier molecular flexibility index (Phi) is 8.19. The molecule has 7 nitrogen and oxygen atoms in total. The number of amides is 1. The van der Waals surface area contributed by atoms with E-state index in [9.17, 15) is 35.9 Å². The fraction of sp³-hybridized carbons (Fsp3) is 0.522. The van der Waals surface area contributed by atoms with Crippen LogP contribution in [0.15, 0.2) is 28.0 Å². The van der Waals surface area contributed by atoms with Gasteiger partial charge in [0.1, 0.15) is 5.03 Å². The van der Waals surface area contributed by atoms with Gasteiger partial charge in [0.2, 0.25) is 5.91 Å². The number of morpholine rings is 1. The maximum absolute atomic E-state index is 13.1. The summed E-state index contributed by atoms with van der Waals surface area (Å²) in [5.41, 5.74) is -2.42. The number of hydrogen-bond donors (Lipinski definition) is 1. The van der Waals surface area contributed by atoms with Crippen molar-refractivity contribution in [2.75, 3.05) is 43.9 Å². The highest BCUT2D eigenvalue weighted by molar-refractivity contribution is 8.00. The molecule has 2 heterocycles. The number of aromatic nitrogens is 2. The Morgan fingerprint density at radius 2 is 1.65 bits per heavy atom. The Labute approximate surface area is 212 Å². The van der Waals surface area contributed by atoms with E-state index in [-0.39, 0.29) is 11.8 Å². The number of alkyl halides is 6. The molecule has 14 heteroatoms. The van der Waals surface area contributed by atoms with E-state index in [4.69, 9.17) is 4.74 Å². The van der Waals surface area contributed by atoms with Crippen LogP contribution >= 0.6 is 11.8 Å². The van der Waals surface area contributed by atoms with Crippen molar-refractivity contribution in [2.45, 2.75) is 43.2 Å². The predicted octanol–water partition coefficient (Wildman–Crippen LogP) is 3.83. The maximum atomic E-state index is 13.1. The zero-order valence-corrected chi connectivity index (χ0v) is 20.4. The molecule has 202 valence electrons. The van der Waals surface area contributed by atoms with Gasteiger partial charge in [0.25, 0.3) is 0 Å². The predicted molar refractivity (Wildman–Crippen MR) is 124 cm³/mol. The molecule has 1 aliphatic heterocycles. The van der Waals surface area contributed by atoms with Crippen LogP contribution < -0.4 is 11.0 Å². The molecule has 0 radical (unpaired) electrons. The van der Waals surface area contributed by atoms with Crippen LogP contribution in [0, 0.1) is 0 Å². The molecule has 0 saturated carbocycles. The van der Waals surface area contributed by atoms with Gasteiger partial charge < -0.3 is 10.1 Å². The van der Waals surface area contributed by atoms with E-state index in [0.717, 1.165) is 42.5 Å². The van der Waals surface area contributed by atoms with Gasteiger partial charge in [-0.05, 0) is 37.5 Å². The second-order valence-corrected chi connectivity index (χ2v) is 9.68. The zero-order valence-electron chi connectivity index (χ0n) is 19.5. The van der Waals surface area contributed by atoms with Gasteiger partial charge in [-0.15, -0.1) is 0 Å². The van der Waals surface area contributed by atoms with E-state index in [1.165, 1.54) is 0 Å². The Morgan fingerprint density at radius 3 is 2.27 bits per heavy atom. The van der Waals surface area contributed by atoms with Crippen LogP contribution in [-0.4, -0.2) is 59.0 Å². The SMILES string of the molecule is O=C(CSc1nc(=O)n(CCN2CCOCC2)c2c1CCC2)Nc1cc(C(F)(F)F)cc(C(F)(F)F)c1. The number of thioether (sulfide) groups is 1. The smallest absolute Gasteiger partial charge is 0.379 e. The molecule has 2 aromatic rings. The number of hydrogen-bond acceptors (Lipinski definition) is 6. The molecule has 37 heavy (non-hydrogen) atoms. The van der Waals surface area contributed by atoms with Gasteiger partial charge in [0.05, 0.1) is 30.1 Å². The number of nitrogens with zero attached hydrogens (tertiary/aromatic N) is 3. The average molecular weight is 551 g/mol. The number of anilines is 1. The van der Waals surface area contributed by atoms with E-state index in [0.29, 0.717) is 56.3 Å². The maximum Gasteiger partial charge on any atom is 0.416 e. The summed E-state index contributed by atoms with van der Waals surface area (Å²) in [6.45, 7) is 3.98. The minimum Gasteiger partial charge on any atom is -0.379 e. The first kappa shape index (κ1) is 27.5. The largest absolute Gasteiger partial charge is 0.416 e. The van der Waals surface area contributed by atoms with Crippen LogP contribution in [0.3, 0.4) is 0 Å². The lowest BCUT2D eigenvalue weighted by Gasteiger charge is -2.27. The minimum absolute atomic E-state index is 0.00825. The van der Waals surface area contributed by atoms with Crippen LogP contribution in [0.4, 0.5) is 32.0 Å². The van der Waals surface area contributed by atoms with Crippen molar-refractivity contribution in [3.8, 4) is 0 Å². The molecule has 0 bridgehead atoms. The van der Waals surface area contributed by atoms with Crippen LogP contribution in [0.1, 0.15) is 28.8 Å². The summed E-state index contributed by atoms with van der Waals surface area (Å²) < 4.78 is 85.4. The topological polar surface area (TPSA) is 76.5 Å². The van der Waals surface area contributed by atoms with Gasteiger partial charge in [0, 0.05) is 43.1 Å². The van der Waals surface area contributed by atoms with Crippen molar-refractivity contribution in [1.82, 2.24) is 14.5 Å². The zero-order chi connectivity index (χ0) is 26.8. The van der Waals surface area contributed by atoms with Crippen molar-refractivity contribution in [2.24, 2.45) is 0 Å². The van der Waals surface area contributed by atoms with E-state index in [2.05, 4.69) is 15.2 Å². The molecule has 0 unspecified atom stereocenters. The quantitative estimate of drug-likeness (QED) is 0.321. The molecule has 1 aromatic carbocycles. The van der Waals surface area contributed by atoms with E-state index in [1.54, 1.807) is 4.57 Å². The van der Waals surface area contributed by atoms with E-state index >= 15 is 0 Å². The third-order valence-corrected chi connectivity index (χ3v) is 7.17. The fourth-order valence-corrected chi connectivity index (χ4v) is 5.24. The number of benzene rings is 1. The van der Waals surface area contributed by atoms with Gasteiger partial charge in [-0.25, -0.2) is 4.79 Å². The lowest BCUT2D eigenvalue weighted by atomic mass is 10.1. The molecule has 0 spiro atoms. The lowest BCUT2D eigenvalue weighted by molar-refractivity contribution is -0.143. The Morgan fingerprint density at radius 1 is 1.00 bits per heavy atom. The van der Waals surface area contributed by atoms with Gasteiger partial charge in [-0.2, -0.15) is 31.3 Å². The Hall–Kier alpha value is -2.58. The molecule has 0 atom stereocenters. The van der Waals surface area contributed by atoms with Crippen molar-refractivity contribution < 1.29 is 35.9 Å². The molecule has 2 aliphatic rings. The standard InChI is InChI=1S/C23H24F6N4O3S/c24-22(25,26)14-10-15(23(27,28)29)12-16(11-14)30-19(34)13-37-20-17-2-1-3-18(17)33(21(35)31-20)5-4-32-6-8-36-9-7-32/h10-12H,1-9,13H2,(H,30,34). The van der Waals surface area contributed by atoms with Crippen LogP contribution in [-0.2, 0) is 41.3 Å². The minimum atomic E-state index is -5.02. The summed E-state index contributed by atoms with van der Waals surface area (Å²) in [6.07, 6.45) is -7.90. The van der Waals surface area contributed by atoms with Gasteiger partial charge >= 0.3 is 18.0 Å². The third kappa shape index (κ3) is 6.85. The lowest BCUT2D eigenvalue weighted by Crippen LogP contribution is -2.40. The highest BCUT2D eigenvalue weighted by atomic mass is 32.2. The molecule has 1 saturated heterocycles. The Balaban J connectivity index is 1.45. The summed E-state index contributed by atoms with van der Waals surface area (Å²) in [6, 6.07) is 0.887. The number of carbonyl (C=O) groups is 1. The van der Waals surface area contributed by atoms with Crippen molar-refractivity contribution in [3.05, 3.63) is 51.1 Å². The number of carbonyl (C=O) groups excluding carboxylic acids is 1. The van der Waals surface area contributed by atoms with Crippen molar-refractivity contribution in [1.29, 1.82) is 0 Å². The molecule has 1 N–H and O–H groups in total. The molecule has 1 fully saturated rings. The second-order valence-electron chi connectivity index (χ2n) is 8.72. The summed E-state index contributed by atoms with van der Waals surface area (Å²) in [7, 11) is 0. The first-order valence-corrected chi connectivity index (χ1v) is 12.5. The number of halogens is 6. The van der Waals surface area contributed by atoms with E-state index < -0.39 is 40.8 Å². The molecule has 1 amide bonds. The van der Waals surface area contributed by atoms with Crippen LogP contribution in [0.5, 0.6) is 0 Å². The first-order valence-electron chi connectivity index (χ1n) is 11.6. The van der Waals surface area contributed by atoms with E-state index in [1.807, 2.05) is 0 Å². The highest BCUT2D eigenvalue weighted by Crippen LogP contribution is 2.37.